The average Bonchev–Trinajstić information content (AvgIpc) is 2.96. The quantitative estimate of drug-likeness (QED) is 0.659. The smallest absolute Gasteiger partial charge is 0.230 e. The van der Waals surface area contributed by atoms with Gasteiger partial charge in [0.15, 0.2) is 4.34 Å². The van der Waals surface area contributed by atoms with E-state index in [1.165, 1.54) is 11.8 Å². The van der Waals surface area contributed by atoms with E-state index >= 15 is 0 Å². The van der Waals surface area contributed by atoms with E-state index in [4.69, 9.17) is 4.74 Å². The third kappa shape index (κ3) is 5.08. The molecular formula is C16H26ClN3O3S2. The highest BCUT2D eigenvalue weighted by molar-refractivity contribution is 8.01. The van der Waals surface area contributed by atoms with Gasteiger partial charge >= 0.3 is 0 Å². The molecule has 25 heavy (non-hydrogen) atoms. The summed E-state index contributed by atoms with van der Waals surface area (Å²) in [7, 11) is 0. The molecule has 6 nitrogen and oxygen atoms in total. The number of rotatable bonds is 4. The van der Waals surface area contributed by atoms with Gasteiger partial charge in [-0.2, -0.15) is 0 Å². The van der Waals surface area contributed by atoms with E-state index in [1.54, 1.807) is 11.3 Å². The average molecular weight is 408 g/mol. The Labute approximate surface area is 162 Å². The third-order valence-electron chi connectivity index (χ3n) is 4.84. The molecule has 3 N–H and O–H groups in total. The van der Waals surface area contributed by atoms with Gasteiger partial charge in [0.1, 0.15) is 6.10 Å². The van der Waals surface area contributed by atoms with Gasteiger partial charge in [-0.05, 0) is 39.8 Å². The van der Waals surface area contributed by atoms with Gasteiger partial charge in [0.25, 0.3) is 0 Å². The highest BCUT2D eigenvalue weighted by Crippen LogP contribution is 2.38. The molecule has 1 amide bonds. The van der Waals surface area contributed by atoms with Crippen molar-refractivity contribution in [3.8, 4) is 0 Å². The summed E-state index contributed by atoms with van der Waals surface area (Å²) in [5, 5.41) is 18.8. The Kier molecular flexibility index (Phi) is 7.15. The van der Waals surface area contributed by atoms with Gasteiger partial charge in [-0.15, -0.1) is 23.7 Å². The van der Waals surface area contributed by atoms with Gasteiger partial charge in [-0.3, -0.25) is 4.79 Å². The molecule has 0 aliphatic carbocycles. The van der Waals surface area contributed by atoms with Gasteiger partial charge in [-0.1, -0.05) is 11.8 Å². The number of amides is 1. The van der Waals surface area contributed by atoms with E-state index in [0.29, 0.717) is 12.2 Å². The zero-order valence-electron chi connectivity index (χ0n) is 14.5. The van der Waals surface area contributed by atoms with Gasteiger partial charge in [0.2, 0.25) is 5.91 Å². The maximum atomic E-state index is 12.4. The van der Waals surface area contributed by atoms with Crippen LogP contribution >= 0.6 is 35.5 Å². The standard InChI is InChI=1S/C16H25N3O3S2.ClH/c1-11-8-23-14(18-11)24-9-13(21)19-15(2)10-16(22-7-12(15)20)3-5-17-6-4-16;/h8,12,17,20H,3-7,9-10H2,1-2H3,(H,19,21);1H/t12-,15-;/m0./s1. The van der Waals surface area contributed by atoms with E-state index in [2.05, 4.69) is 15.6 Å². The summed E-state index contributed by atoms with van der Waals surface area (Å²) >= 11 is 2.99. The number of thioether (sulfide) groups is 1. The number of aliphatic hydroxyl groups is 1. The first-order valence-corrected chi connectivity index (χ1v) is 10.2. The maximum Gasteiger partial charge on any atom is 0.230 e. The van der Waals surface area contributed by atoms with Crippen LogP contribution in [0.2, 0.25) is 0 Å². The second-order valence-electron chi connectivity index (χ2n) is 6.95. The minimum atomic E-state index is -0.686. The maximum absolute atomic E-state index is 12.4. The summed E-state index contributed by atoms with van der Waals surface area (Å²) < 4.78 is 6.87. The van der Waals surface area contributed by atoms with Crippen molar-refractivity contribution < 1.29 is 14.6 Å². The summed E-state index contributed by atoms with van der Waals surface area (Å²) in [5.41, 5.74) is 0.0977. The zero-order chi connectivity index (χ0) is 17.2. The highest BCUT2D eigenvalue weighted by atomic mass is 35.5. The molecule has 1 aromatic rings. The molecule has 0 radical (unpaired) electrons. The first-order chi connectivity index (χ1) is 11.4. The van der Waals surface area contributed by atoms with Crippen molar-refractivity contribution in [3.05, 3.63) is 11.1 Å². The lowest BCUT2D eigenvalue weighted by atomic mass is 9.75. The van der Waals surface area contributed by atoms with Crippen LogP contribution in [0.15, 0.2) is 9.72 Å². The molecule has 1 aromatic heterocycles. The largest absolute Gasteiger partial charge is 0.388 e. The number of hydrogen-bond acceptors (Lipinski definition) is 7. The fourth-order valence-electron chi connectivity index (χ4n) is 3.49. The van der Waals surface area contributed by atoms with E-state index in [0.717, 1.165) is 36.0 Å². The number of aryl methyl sites for hydroxylation is 1. The van der Waals surface area contributed by atoms with Crippen molar-refractivity contribution >= 4 is 41.4 Å². The van der Waals surface area contributed by atoms with Crippen LogP contribution in [-0.4, -0.2) is 58.7 Å². The molecule has 142 valence electrons. The van der Waals surface area contributed by atoms with Crippen molar-refractivity contribution in [1.29, 1.82) is 0 Å². The lowest BCUT2D eigenvalue weighted by Crippen LogP contribution is -2.65. The molecule has 3 heterocycles. The predicted molar refractivity (Wildman–Crippen MR) is 103 cm³/mol. The highest BCUT2D eigenvalue weighted by Gasteiger charge is 2.49. The van der Waals surface area contributed by atoms with Gasteiger partial charge < -0.3 is 20.5 Å². The van der Waals surface area contributed by atoms with Crippen molar-refractivity contribution in [1.82, 2.24) is 15.6 Å². The second kappa shape index (κ2) is 8.54. The molecule has 1 spiro atoms. The zero-order valence-corrected chi connectivity index (χ0v) is 17.0. The Bertz CT molecular complexity index is 595. The Balaban J connectivity index is 0.00000225. The third-order valence-corrected chi connectivity index (χ3v) is 6.98. The number of carbonyl (C=O) groups excluding carboxylic acids is 1. The minimum Gasteiger partial charge on any atom is -0.388 e. The Morgan fingerprint density at radius 1 is 1.56 bits per heavy atom. The summed E-state index contributed by atoms with van der Waals surface area (Å²) in [4.78, 5) is 16.7. The van der Waals surface area contributed by atoms with E-state index in [-0.39, 0.29) is 30.5 Å². The van der Waals surface area contributed by atoms with Gasteiger partial charge in [-0.25, -0.2) is 4.98 Å². The molecule has 0 aromatic carbocycles. The normalized spacial score (nSPS) is 28.4. The number of nitrogens with one attached hydrogen (secondary N) is 2. The molecule has 3 rings (SSSR count). The fraction of sp³-hybridized carbons (Fsp3) is 0.750. The first kappa shape index (κ1) is 20.9. The van der Waals surface area contributed by atoms with Gasteiger partial charge in [0.05, 0.1) is 23.5 Å². The molecule has 0 bridgehead atoms. The van der Waals surface area contributed by atoms with E-state index < -0.39 is 11.6 Å². The van der Waals surface area contributed by atoms with Crippen LogP contribution in [0.1, 0.15) is 31.9 Å². The number of nitrogens with zero attached hydrogens (tertiary/aromatic N) is 1. The molecule has 2 atom stereocenters. The van der Waals surface area contributed by atoms with Gasteiger partial charge in [0, 0.05) is 17.5 Å². The molecule has 2 fully saturated rings. The van der Waals surface area contributed by atoms with Crippen LogP contribution in [0, 0.1) is 6.92 Å². The topological polar surface area (TPSA) is 83.5 Å². The number of halogens is 1. The van der Waals surface area contributed by atoms with Crippen LogP contribution in [-0.2, 0) is 9.53 Å². The molecule has 0 saturated carbocycles. The molecule has 2 aliphatic rings. The Morgan fingerprint density at radius 3 is 2.92 bits per heavy atom. The minimum absolute atomic E-state index is 0. The van der Waals surface area contributed by atoms with E-state index in [9.17, 15) is 9.90 Å². The lowest BCUT2D eigenvalue weighted by Gasteiger charge is -2.50. The first-order valence-electron chi connectivity index (χ1n) is 8.30. The molecule has 2 aliphatic heterocycles. The summed E-state index contributed by atoms with van der Waals surface area (Å²) in [6.07, 6.45) is 1.79. The van der Waals surface area contributed by atoms with Crippen molar-refractivity contribution in [2.24, 2.45) is 0 Å². The number of aromatic nitrogens is 1. The van der Waals surface area contributed by atoms with Crippen LogP contribution < -0.4 is 10.6 Å². The number of hydrogen-bond donors (Lipinski definition) is 3. The monoisotopic (exact) mass is 407 g/mol. The number of carbonyl (C=O) groups is 1. The number of piperidine rings is 1. The molecule has 2 saturated heterocycles. The van der Waals surface area contributed by atoms with Crippen LogP contribution in [0.5, 0.6) is 0 Å². The van der Waals surface area contributed by atoms with Crippen molar-refractivity contribution in [2.75, 3.05) is 25.4 Å². The summed E-state index contributed by atoms with van der Waals surface area (Å²) in [5.74, 6) is 0.241. The van der Waals surface area contributed by atoms with Crippen molar-refractivity contribution in [3.63, 3.8) is 0 Å². The Morgan fingerprint density at radius 2 is 2.28 bits per heavy atom. The number of ether oxygens (including phenoxy) is 1. The number of thiazole rings is 1. The summed E-state index contributed by atoms with van der Waals surface area (Å²) in [6, 6.07) is 0. The fourth-order valence-corrected chi connectivity index (χ4v) is 5.14. The summed E-state index contributed by atoms with van der Waals surface area (Å²) in [6.45, 7) is 5.98. The number of aliphatic hydroxyl groups excluding tert-OH is 1. The van der Waals surface area contributed by atoms with Crippen LogP contribution in [0.25, 0.3) is 0 Å². The lowest BCUT2D eigenvalue weighted by molar-refractivity contribution is -0.173. The molecule has 9 heteroatoms. The molecular weight excluding hydrogens is 382 g/mol. The predicted octanol–water partition coefficient (Wildman–Crippen LogP) is 1.74. The van der Waals surface area contributed by atoms with E-state index in [1.807, 2.05) is 19.2 Å². The second-order valence-corrected chi connectivity index (χ2v) is 9.03. The Hall–Kier alpha value is -0.380. The van der Waals surface area contributed by atoms with Crippen LogP contribution in [0.3, 0.4) is 0 Å². The van der Waals surface area contributed by atoms with Crippen molar-refractivity contribution in [2.45, 2.75) is 54.7 Å². The SMILES string of the molecule is Cc1csc(SCC(=O)N[C@@]2(C)CC3(CCNCC3)OC[C@@H]2O)n1.Cl. The molecule has 0 unspecified atom stereocenters. The van der Waals surface area contributed by atoms with Crippen LogP contribution in [0.4, 0.5) is 0 Å².